The van der Waals surface area contributed by atoms with Gasteiger partial charge in [0.15, 0.2) is 5.78 Å². The summed E-state index contributed by atoms with van der Waals surface area (Å²) < 4.78 is 2.05. The van der Waals surface area contributed by atoms with Gasteiger partial charge in [0.05, 0.1) is 6.54 Å². The van der Waals surface area contributed by atoms with Crippen molar-refractivity contribution in [1.82, 2.24) is 9.47 Å². The first kappa shape index (κ1) is 15.5. The van der Waals surface area contributed by atoms with Gasteiger partial charge in [-0.25, -0.2) is 0 Å². The SMILES string of the molecule is CCn1c(C)cc(C(=O)CN2C(=O)C(C)C(C)C2=O)c1C. The number of ketones is 1. The summed E-state index contributed by atoms with van der Waals surface area (Å²) in [7, 11) is 0. The smallest absolute Gasteiger partial charge is 0.233 e. The Kier molecular flexibility index (Phi) is 4.03. The van der Waals surface area contributed by atoms with E-state index in [1.54, 1.807) is 13.8 Å². The van der Waals surface area contributed by atoms with Gasteiger partial charge in [0.25, 0.3) is 0 Å². The summed E-state index contributed by atoms with van der Waals surface area (Å²) in [4.78, 5) is 37.7. The normalized spacial score (nSPS) is 22.2. The van der Waals surface area contributed by atoms with E-state index in [1.807, 2.05) is 31.4 Å². The van der Waals surface area contributed by atoms with E-state index in [1.165, 1.54) is 0 Å². The van der Waals surface area contributed by atoms with Crippen LogP contribution in [0.3, 0.4) is 0 Å². The molecular formula is C16H22N2O3. The van der Waals surface area contributed by atoms with E-state index in [9.17, 15) is 14.4 Å². The molecule has 2 amide bonds. The van der Waals surface area contributed by atoms with Crippen molar-refractivity contribution in [2.24, 2.45) is 11.8 Å². The van der Waals surface area contributed by atoms with E-state index < -0.39 is 0 Å². The lowest BCUT2D eigenvalue weighted by molar-refractivity contribution is -0.139. The summed E-state index contributed by atoms with van der Waals surface area (Å²) in [6.07, 6.45) is 0. The highest BCUT2D eigenvalue weighted by molar-refractivity contribution is 6.09. The maximum absolute atomic E-state index is 12.4. The highest BCUT2D eigenvalue weighted by atomic mass is 16.2. The van der Waals surface area contributed by atoms with Crippen LogP contribution >= 0.6 is 0 Å². The molecule has 5 heteroatoms. The van der Waals surface area contributed by atoms with Gasteiger partial charge in [-0.15, -0.1) is 0 Å². The fourth-order valence-corrected chi connectivity index (χ4v) is 2.98. The molecule has 0 bridgehead atoms. The zero-order valence-electron chi connectivity index (χ0n) is 13.3. The monoisotopic (exact) mass is 290 g/mol. The number of nitrogens with zero attached hydrogens (tertiary/aromatic N) is 2. The van der Waals surface area contributed by atoms with Gasteiger partial charge in [0, 0.05) is 35.3 Å². The van der Waals surface area contributed by atoms with Crippen molar-refractivity contribution in [1.29, 1.82) is 0 Å². The van der Waals surface area contributed by atoms with Crippen molar-refractivity contribution in [3.63, 3.8) is 0 Å². The number of aryl methyl sites for hydroxylation is 1. The first-order valence-corrected chi connectivity index (χ1v) is 7.34. The molecule has 21 heavy (non-hydrogen) atoms. The molecule has 2 heterocycles. The van der Waals surface area contributed by atoms with Gasteiger partial charge in [-0.3, -0.25) is 19.3 Å². The third-order valence-corrected chi connectivity index (χ3v) is 4.55. The number of hydrogen-bond acceptors (Lipinski definition) is 3. The molecule has 0 radical (unpaired) electrons. The fraction of sp³-hybridized carbons (Fsp3) is 0.562. The second-order valence-electron chi connectivity index (χ2n) is 5.79. The van der Waals surface area contributed by atoms with Crippen LogP contribution in [0.15, 0.2) is 6.07 Å². The lowest BCUT2D eigenvalue weighted by atomic mass is 10.00. The van der Waals surface area contributed by atoms with E-state index in [4.69, 9.17) is 0 Å². The minimum Gasteiger partial charge on any atom is -0.349 e. The molecule has 0 saturated carbocycles. The molecule has 2 rings (SSSR count). The van der Waals surface area contributed by atoms with Gasteiger partial charge in [-0.1, -0.05) is 13.8 Å². The molecular weight excluding hydrogens is 268 g/mol. The molecule has 1 aromatic heterocycles. The number of Topliss-reactive ketones (excluding diaryl/α,β-unsaturated/α-hetero) is 1. The third-order valence-electron chi connectivity index (χ3n) is 4.55. The largest absolute Gasteiger partial charge is 0.349 e. The highest BCUT2D eigenvalue weighted by Gasteiger charge is 2.43. The summed E-state index contributed by atoms with van der Waals surface area (Å²) in [5, 5.41) is 0. The van der Waals surface area contributed by atoms with Crippen molar-refractivity contribution >= 4 is 17.6 Å². The first-order chi connectivity index (χ1) is 9.79. The average molecular weight is 290 g/mol. The lowest BCUT2D eigenvalue weighted by Crippen LogP contribution is -2.35. The predicted molar refractivity (Wildman–Crippen MR) is 79.0 cm³/mol. The number of hydrogen-bond donors (Lipinski definition) is 0. The van der Waals surface area contributed by atoms with Crippen LogP contribution in [-0.4, -0.2) is 33.6 Å². The van der Waals surface area contributed by atoms with Crippen LogP contribution in [0.1, 0.15) is 42.5 Å². The van der Waals surface area contributed by atoms with Crippen molar-refractivity contribution in [3.8, 4) is 0 Å². The lowest BCUT2D eigenvalue weighted by Gasteiger charge is -2.13. The van der Waals surface area contributed by atoms with E-state index in [0.717, 1.165) is 22.8 Å². The number of amides is 2. The molecule has 0 N–H and O–H groups in total. The van der Waals surface area contributed by atoms with Crippen molar-refractivity contribution in [3.05, 3.63) is 23.0 Å². The Bertz CT molecular complexity index is 595. The molecule has 114 valence electrons. The van der Waals surface area contributed by atoms with E-state index in [-0.39, 0.29) is 36.0 Å². The summed E-state index contributed by atoms with van der Waals surface area (Å²) in [5.41, 5.74) is 2.50. The Morgan fingerprint density at radius 3 is 2.10 bits per heavy atom. The highest BCUT2D eigenvalue weighted by Crippen LogP contribution is 2.26. The summed E-state index contributed by atoms with van der Waals surface area (Å²) in [5.74, 6) is -1.34. The molecule has 1 saturated heterocycles. The van der Waals surface area contributed by atoms with Crippen molar-refractivity contribution in [2.45, 2.75) is 41.2 Å². The molecule has 5 nitrogen and oxygen atoms in total. The van der Waals surface area contributed by atoms with Gasteiger partial charge in [0.2, 0.25) is 11.8 Å². The second kappa shape index (κ2) is 5.47. The maximum Gasteiger partial charge on any atom is 0.233 e. The fourth-order valence-electron chi connectivity index (χ4n) is 2.98. The zero-order valence-corrected chi connectivity index (χ0v) is 13.3. The van der Waals surface area contributed by atoms with Crippen LogP contribution in [0.2, 0.25) is 0 Å². The quantitative estimate of drug-likeness (QED) is 0.629. The molecule has 0 aromatic carbocycles. The molecule has 0 spiro atoms. The van der Waals surface area contributed by atoms with Crippen LogP contribution in [0.5, 0.6) is 0 Å². The standard InChI is InChI=1S/C16H22N2O3/c1-6-17-9(2)7-13(12(17)5)14(19)8-18-15(20)10(3)11(4)16(18)21/h7,10-11H,6,8H2,1-5H3. The Hall–Kier alpha value is -1.91. The van der Waals surface area contributed by atoms with Gasteiger partial charge in [-0.05, 0) is 26.8 Å². The van der Waals surface area contributed by atoms with Crippen molar-refractivity contribution < 1.29 is 14.4 Å². The number of rotatable bonds is 4. The maximum atomic E-state index is 12.4. The molecule has 2 unspecified atom stereocenters. The van der Waals surface area contributed by atoms with Crippen LogP contribution in [0.4, 0.5) is 0 Å². The molecule has 1 aromatic rings. The summed E-state index contributed by atoms with van der Waals surface area (Å²) in [6.45, 7) is 9.97. The van der Waals surface area contributed by atoms with Crippen LogP contribution < -0.4 is 0 Å². The molecule has 1 aliphatic heterocycles. The molecule has 2 atom stereocenters. The topological polar surface area (TPSA) is 59.4 Å². The van der Waals surface area contributed by atoms with E-state index >= 15 is 0 Å². The first-order valence-electron chi connectivity index (χ1n) is 7.34. The minimum atomic E-state index is -0.339. The molecule has 0 aliphatic carbocycles. The van der Waals surface area contributed by atoms with Gasteiger partial charge in [-0.2, -0.15) is 0 Å². The number of imide groups is 1. The molecule has 1 aliphatic rings. The van der Waals surface area contributed by atoms with E-state index in [0.29, 0.717) is 5.56 Å². The Labute approximate surface area is 124 Å². The van der Waals surface area contributed by atoms with Crippen molar-refractivity contribution in [2.75, 3.05) is 6.54 Å². The Balaban J connectivity index is 2.23. The zero-order chi connectivity index (χ0) is 15.9. The minimum absolute atomic E-state index is 0.152. The Morgan fingerprint density at radius 1 is 1.14 bits per heavy atom. The van der Waals surface area contributed by atoms with E-state index in [2.05, 4.69) is 0 Å². The van der Waals surface area contributed by atoms with Crippen LogP contribution in [0, 0.1) is 25.7 Å². The van der Waals surface area contributed by atoms with Crippen LogP contribution in [0.25, 0.3) is 0 Å². The average Bonchev–Trinajstić information content (AvgIpc) is 2.83. The number of likely N-dealkylation sites (tertiary alicyclic amines) is 1. The van der Waals surface area contributed by atoms with Gasteiger partial charge < -0.3 is 4.57 Å². The van der Waals surface area contributed by atoms with Crippen LogP contribution in [-0.2, 0) is 16.1 Å². The van der Waals surface area contributed by atoms with Gasteiger partial charge in [0.1, 0.15) is 0 Å². The third kappa shape index (κ3) is 2.41. The number of aromatic nitrogens is 1. The predicted octanol–water partition coefficient (Wildman–Crippen LogP) is 1.95. The molecule has 1 fully saturated rings. The van der Waals surface area contributed by atoms with Gasteiger partial charge >= 0.3 is 0 Å². The number of carbonyl (C=O) groups excluding carboxylic acids is 3. The number of carbonyl (C=O) groups is 3. The summed E-state index contributed by atoms with van der Waals surface area (Å²) >= 11 is 0. The Morgan fingerprint density at radius 2 is 1.67 bits per heavy atom. The summed E-state index contributed by atoms with van der Waals surface area (Å²) in [6, 6.07) is 1.83. The second-order valence-corrected chi connectivity index (χ2v) is 5.79.